The van der Waals surface area contributed by atoms with E-state index in [1.807, 2.05) is 0 Å². The van der Waals surface area contributed by atoms with E-state index < -0.39 is 0 Å². The molecule has 0 spiro atoms. The highest BCUT2D eigenvalue weighted by Crippen LogP contribution is 2.23. The molecule has 2 nitrogen and oxygen atoms in total. The standard InChI is InChI=1S/C3H5NOS2/c5-4-3-1-6-2-7-3/h5H,1-2H2. The van der Waals surface area contributed by atoms with Crippen molar-refractivity contribution in [3.63, 3.8) is 0 Å². The van der Waals surface area contributed by atoms with Crippen LogP contribution in [0.3, 0.4) is 0 Å². The van der Waals surface area contributed by atoms with Gasteiger partial charge >= 0.3 is 0 Å². The molecule has 1 heterocycles. The SMILES string of the molecule is ON=C1CSCS1. The van der Waals surface area contributed by atoms with Crippen molar-refractivity contribution in [1.29, 1.82) is 0 Å². The monoisotopic (exact) mass is 135 g/mol. The highest BCUT2D eigenvalue weighted by Gasteiger charge is 2.08. The minimum Gasteiger partial charge on any atom is -0.410 e. The number of hydrogen-bond donors (Lipinski definition) is 1. The molecule has 0 saturated carbocycles. The number of nitrogens with zero attached hydrogens (tertiary/aromatic N) is 1. The molecule has 40 valence electrons. The second kappa shape index (κ2) is 2.47. The van der Waals surface area contributed by atoms with Gasteiger partial charge in [0.1, 0.15) is 5.04 Å². The highest BCUT2D eigenvalue weighted by molar-refractivity contribution is 8.29. The number of thioether (sulfide) groups is 2. The molecule has 0 aromatic rings. The molecule has 0 amide bonds. The summed E-state index contributed by atoms with van der Waals surface area (Å²) in [6, 6.07) is 0. The minimum absolute atomic E-state index is 0.852. The Kier molecular flexibility index (Phi) is 1.87. The van der Waals surface area contributed by atoms with Gasteiger partial charge < -0.3 is 5.21 Å². The van der Waals surface area contributed by atoms with Crippen LogP contribution in [0.25, 0.3) is 0 Å². The lowest BCUT2D eigenvalue weighted by Gasteiger charge is -1.80. The Labute approximate surface area is 50.4 Å². The molecule has 0 atom stereocenters. The summed E-state index contributed by atoms with van der Waals surface area (Å²) in [5, 5.41) is 13.1. The first-order chi connectivity index (χ1) is 3.43. The summed E-state index contributed by atoms with van der Waals surface area (Å²) in [5.74, 6) is 0.890. The molecule has 1 saturated heterocycles. The lowest BCUT2D eigenvalue weighted by Crippen LogP contribution is -1.85. The van der Waals surface area contributed by atoms with E-state index >= 15 is 0 Å². The summed E-state index contributed by atoms with van der Waals surface area (Å²) in [6.45, 7) is 0. The molecule has 4 heteroatoms. The van der Waals surface area contributed by atoms with Crippen LogP contribution in [0.15, 0.2) is 5.16 Å². The molecular formula is C3H5NOS2. The van der Waals surface area contributed by atoms with Crippen molar-refractivity contribution >= 4 is 28.6 Å². The Bertz CT molecular complexity index is 84.9. The molecule has 0 bridgehead atoms. The van der Waals surface area contributed by atoms with Crippen molar-refractivity contribution in [2.75, 3.05) is 10.8 Å². The molecule has 1 rings (SSSR count). The first-order valence-corrected chi connectivity index (χ1v) is 3.99. The Morgan fingerprint density at radius 2 is 2.57 bits per heavy atom. The summed E-state index contributed by atoms with van der Waals surface area (Å²) in [7, 11) is 0. The van der Waals surface area contributed by atoms with E-state index in [1.165, 1.54) is 0 Å². The zero-order valence-electron chi connectivity index (χ0n) is 3.63. The van der Waals surface area contributed by atoms with Crippen LogP contribution in [0.2, 0.25) is 0 Å². The lowest BCUT2D eigenvalue weighted by molar-refractivity contribution is 0.320. The van der Waals surface area contributed by atoms with E-state index in [4.69, 9.17) is 5.21 Å². The Hall–Kier alpha value is 0.170. The van der Waals surface area contributed by atoms with Gasteiger partial charge in [-0.05, 0) is 0 Å². The first-order valence-electron chi connectivity index (χ1n) is 1.85. The van der Waals surface area contributed by atoms with Gasteiger partial charge in [-0.3, -0.25) is 0 Å². The number of rotatable bonds is 0. The summed E-state index contributed by atoms with van der Waals surface area (Å²) in [4.78, 5) is 0. The predicted octanol–water partition coefficient (Wildman–Crippen LogP) is 1.21. The Balaban J connectivity index is 2.41. The third kappa shape index (κ3) is 1.28. The molecule has 1 aliphatic rings. The van der Waals surface area contributed by atoms with Gasteiger partial charge in [0.25, 0.3) is 0 Å². The molecule has 0 aromatic carbocycles. The van der Waals surface area contributed by atoms with E-state index in [2.05, 4.69) is 5.16 Å². The minimum atomic E-state index is 0.852. The van der Waals surface area contributed by atoms with Crippen molar-refractivity contribution in [3.05, 3.63) is 0 Å². The average Bonchev–Trinajstić information content (AvgIpc) is 2.14. The number of hydrogen-bond acceptors (Lipinski definition) is 4. The van der Waals surface area contributed by atoms with Crippen LogP contribution in [-0.2, 0) is 0 Å². The molecule has 0 radical (unpaired) electrons. The van der Waals surface area contributed by atoms with Crippen LogP contribution in [0, 0.1) is 0 Å². The van der Waals surface area contributed by atoms with Gasteiger partial charge in [-0.25, -0.2) is 0 Å². The fourth-order valence-corrected chi connectivity index (χ4v) is 2.42. The van der Waals surface area contributed by atoms with Crippen LogP contribution >= 0.6 is 23.5 Å². The fourth-order valence-electron chi connectivity index (χ4n) is 0.338. The van der Waals surface area contributed by atoms with Crippen LogP contribution in [0.5, 0.6) is 0 Å². The van der Waals surface area contributed by atoms with Crippen molar-refractivity contribution < 1.29 is 5.21 Å². The normalized spacial score (nSPS) is 26.6. The molecule has 0 unspecified atom stereocenters. The van der Waals surface area contributed by atoms with E-state index in [1.54, 1.807) is 23.5 Å². The van der Waals surface area contributed by atoms with Crippen LogP contribution in [-0.4, -0.2) is 21.1 Å². The maximum atomic E-state index is 8.12. The second-order valence-corrected chi connectivity index (χ2v) is 3.50. The number of oxime groups is 1. The largest absolute Gasteiger partial charge is 0.410 e. The third-order valence-electron chi connectivity index (χ3n) is 0.646. The van der Waals surface area contributed by atoms with Gasteiger partial charge in [-0.1, -0.05) is 16.9 Å². The third-order valence-corrected chi connectivity index (χ3v) is 3.00. The van der Waals surface area contributed by atoms with Gasteiger partial charge in [0.15, 0.2) is 0 Å². The van der Waals surface area contributed by atoms with Gasteiger partial charge in [-0.2, -0.15) is 0 Å². The summed E-state index contributed by atoms with van der Waals surface area (Å²) >= 11 is 3.38. The average molecular weight is 135 g/mol. The van der Waals surface area contributed by atoms with Crippen LogP contribution < -0.4 is 0 Å². The predicted molar refractivity (Wildman–Crippen MR) is 34.1 cm³/mol. The molecular weight excluding hydrogens is 130 g/mol. The molecule has 0 aliphatic carbocycles. The Morgan fingerprint density at radius 3 is 2.86 bits per heavy atom. The van der Waals surface area contributed by atoms with Crippen LogP contribution in [0.1, 0.15) is 0 Å². The van der Waals surface area contributed by atoms with Gasteiger partial charge in [-0.15, -0.1) is 11.8 Å². The van der Waals surface area contributed by atoms with Crippen molar-refractivity contribution in [2.45, 2.75) is 0 Å². The van der Waals surface area contributed by atoms with E-state index in [0.717, 1.165) is 15.9 Å². The first kappa shape index (κ1) is 5.31. The van der Waals surface area contributed by atoms with E-state index in [0.29, 0.717) is 0 Å². The fraction of sp³-hybridized carbons (Fsp3) is 0.667. The molecule has 1 N–H and O–H groups in total. The van der Waals surface area contributed by atoms with Gasteiger partial charge in [0.05, 0.1) is 0 Å². The van der Waals surface area contributed by atoms with Gasteiger partial charge in [0.2, 0.25) is 0 Å². The molecule has 1 fully saturated rings. The van der Waals surface area contributed by atoms with Gasteiger partial charge in [0, 0.05) is 10.8 Å². The van der Waals surface area contributed by atoms with Crippen molar-refractivity contribution in [2.24, 2.45) is 5.16 Å². The molecule has 1 aliphatic heterocycles. The zero-order chi connectivity index (χ0) is 5.11. The van der Waals surface area contributed by atoms with Crippen LogP contribution in [0.4, 0.5) is 0 Å². The van der Waals surface area contributed by atoms with E-state index in [9.17, 15) is 0 Å². The smallest absolute Gasteiger partial charge is 0.123 e. The van der Waals surface area contributed by atoms with Crippen molar-refractivity contribution in [3.8, 4) is 0 Å². The van der Waals surface area contributed by atoms with E-state index in [-0.39, 0.29) is 0 Å². The Morgan fingerprint density at radius 1 is 1.71 bits per heavy atom. The molecule has 0 aromatic heterocycles. The summed E-state index contributed by atoms with van der Waals surface area (Å²) in [5.41, 5.74) is 0. The zero-order valence-corrected chi connectivity index (χ0v) is 5.26. The quantitative estimate of drug-likeness (QED) is 0.400. The highest BCUT2D eigenvalue weighted by atomic mass is 32.2. The second-order valence-electron chi connectivity index (χ2n) is 1.10. The lowest BCUT2D eigenvalue weighted by atomic mass is 10.9. The summed E-state index contributed by atoms with van der Waals surface area (Å²) < 4.78 is 0. The summed E-state index contributed by atoms with van der Waals surface area (Å²) in [6.07, 6.45) is 0. The maximum absolute atomic E-state index is 8.12. The van der Waals surface area contributed by atoms with Crippen molar-refractivity contribution in [1.82, 2.24) is 0 Å². The molecule has 7 heavy (non-hydrogen) atoms. The maximum Gasteiger partial charge on any atom is 0.123 e. The topological polar surface area (TPSA) is 32.6 Å².